The predicted octanol–water partition coefficient (Wildman–Crippen LogP) is 2.40. The Bertz CT molecular complexity index is 458. The minimum absolute atomic E-state index is 0.0245. The molecule has 1 aliphatic heterocycles. The molecule has 1 aliphatic rings. The summed E-state index contributed by atoms with van der Waals surface area (Å²) in [5, 5.41) is 6.10. The number of amides is 1. The van der Waals surface area contributed by atoms with Gasteiger partial charge in [0.1, 0.15) is 0 Å². The Morgan fingerprint density at radius 1 is 1.15 bits per heavy atom. The van der Waals surface area contributed by atoms with Gasteiger partial charge in [-0.25, -0.2) is 0 Å². The minimum Gasteiger partial charge on any atom is -0.374 e. The number of rotatable bonds is 4. The van der Waals surface area contributed by atoms with Gasteiger partial charge < -0.3 is 15.4 Å². The molecule has 4 unspecified atom stereocenters. The van der Waals surface area contributed by atoms with Crippen LogP contribution in [0.1, 0.15) is 26.3 Å². The van der Waals surface area contributed by atoms with E-state index >= 15 is 0 Å². The average molecular weight is 276 g/mol. The number of nitrogens with one attached hydrogen (secondary N) is 2. The van der Waals surface area contributed by atoms with Gasteiger partial charge in [0, 0.05) is 12.2 Å². The summed E-state index contributed by atoms with van der Waals surface area (Å²) in [6, 6.07) is 7.93. The molecule has 0 bridgehead atoms. The summed E-state index contributed by atoms with van der Waals surface area (Å²) < 4.78 is 5.73. The highest BCUT2D eigenvalue weighted by atomic mass is 16.5. The highest BCUT2D eigenvalue weighted by Gasteiger charge is 2.41. The molecule has 110 valence electrons. The zero-order chi connectivity index (χ0) is 14.7. The van der Waals surface area contributed by atoms with Crippen molar-refractivity contribution in [2.75, 3.05) is 12.4 Å². The Morgan fingerprint density at radius 2 is 1.80 bits per heavy atom. The van der Waals surface area contributed by atoms with Gasteiger partial charge in [0.05, 0.1) is 18.1 Å². The molecule has 0 aromatic heterocycles. The van der Waals surface area contributed by atoms with E-state index in [-0.39, 0.29) is 30.0 Å². The summed E-state index contributed by atoms with van der Waals surface area (Å²) >= 11 is 0. The third-order valence-corrected chi connectivity index (χ3v) is 4.15. The molecule has 4 atom stereocenters. The summed E-state index contributed by atoms with van der Waals surface area (Å²) in [6.07, 6.45) is 0.113. The second kappa shape index (κ2) is 6.37. The molecule has 0 saturated carbocycles. The second-order valence-corrected chi connectivity index (χ2v) is 5.65. The van der Waals surface area contributed by atoms with Gasteiger partial charge in [0.2, 0.25) is 5.91 Å². The van der Waals surface area contributed by atoms with Gasteiger partial charge in [-0.15, -0.1) is 0 Å². The maximum absolute atomic E-state index is 12.4. The van der Waals surface area contributed by atoms with Gasteiger partial charge in [-0.2, -0.15) is 0 Å². The van der Waals surface area contributed by atoms with Crippen molar-refractivity contribution in [2.45, 2.75) is 39.5 Å². The zero-order valence-electron chi connectivity index (χ0n) is 12.6. The molecule has 1 heterocycles. The minimum atomic E-state index is -0.0815. The molecule has 1 aromatic rings. The van der Waals surface area contributed by atoms with Gasteiger partial charge in [-0.3, -0.25) is 4.79 Å². The van der Waals surface area contributed by atoms with Crippen LogP contribution in [0.2, 0.25) is 0 Å². The van der Waals surface area contributed by atoms with E-state index in [4.69, 9.17) is 4.74 Å². The van der Waals surface area contributed by atoms with Crippen molar-refractivity contribution in [1.29, 1.82) is 0 Å². The molecule has 0 radical (unpaired) electrons. The molecule has 0 aliphatic carbocycles. The molecule has 1 amide bonds. The molecular weight excluding hydrogens is 252 g/mol. The standard InChI is InChI=1S/C16H24N2O2/c1-10-11(2)20-12(3)15(10)16(19)18-14-7-5-13(6-8-14)9-17-4/h5-8,10-12,15,17H,9H2,1-4H3,(H,18,19). The predicted molar refractivity (Wildman–Crippen MR) is 80.5 cm³/mol. The highest BCUT2D eigenvalue weighted by Crippen LogP contribution is 2.32. The monoisotopic (exact) mass is 276 g/mol. The fraction of sp³-hybridized carbons (Fsp3) is 0.562. The quantitative estimate of drug-likeness (QED) is 0.888. The molecule has 0 spiro atoms. The van der Waals surface area contributed by atoms with Crippen molar-refractivity contribution in [3.8, 4) is 0 Å². The molecule has 1 aromatic carbocycles. The van der Waals surface area contributed by atoms with Crippen molar-refractivity contribution in [2.24, 2.45) is 11.8 Å². The van der Waals surface area contributed by atoms with Crippen LogP contribution < -0.4 is 10.6 Å². The van der Waals surface area contributed by atoms with E-state index in [1.807, 2.05) is 45.2 Å². The van der Waals surface area contributed by atoms with Crippen LogP contribution >= 0.6 is 0 Å². The smallest absolute Gasteiger partial charge is 0.230 e. The van der Waals surface area contributed by atoms with Gasteiger partial charge >= 0.3 is 0 Å². The van der Waals surface area contributed by atoms with Crippen molar-refractivity contribution >= 4 is 11.6 Å². The summed E-state index contributed by atoms with van der Waals surface area (Å²) in [4.78, 5) is 12.4. The van der Waals surface area contributed by atoms with Crippen LogP contribution in [0.4, 0.5) is 5.69 Å². The Labute approximate surface area is 120 Å². The SMILES string of the molecule is CNCc1ccc(NC(=O)C2C(C)OC(C)C2C)cc1. The fourth-order valence-electron chi connectivity index (χ4n) is 2.85. The lowest BCUT2D eigenvalue weighted by atomic mass is 9.89. The van der Waals surface area contributed by atoms with Crippen molar-refractivity contribution in [1.82, 2.24) is 5.32 Å². The highest BCUT2D eigenvalue weighted by molar-refractivity contribution is 5.93. The van der Waals surface area contributed by atoms with Crippen LogP contribution in [0.3, 0.4) is 0 Å². The number of anilines is 1. The Morgan fingerprint density at radius 3 is 2.30 bits per heavy atom. The van der Waals surface area contributed by atoms with E-state index in [2.05, 4.69) is 17.6 Å². The first-order chi connectivity index (χ1) is 9.52. The van der Waals surface area contributed by atoms with Gasteiger partial charge in [0.15, 0.2) is 0 Å². The Balaban J connectivity index is 2.00. The normalized spacial score (nSPS) is 29.4. The van der Waals surface area contributed by atoms with Gasteiger partial charge in [-0.05, 0) is 44.5 Å². The van der Waals surface area contributed by atoms with Crippen molar-refractivity contribution < 1.29 is 9.53 Å². The maximum Gasteiger partial charge on any atom is 0.230 e. The number of hydrogen-bond donors (Lipinski definition) is 2. The number of ether oxygens (including phenoxy) is 1. The Hall–Kier alpha value is -1.39. The van der Waals surface area contributed by atoms with E-state index in [1.165, 1.54) is 5.56 Å². The Kier molecular flexibility index (Phi) is 4.78. The van der Waals surface area contributed by atoms with E-state index in [9.17, 15) is 4.79 Å². The van der Waals surface area contributed by atoms with Crippen LogP contribution in [0.15, 0.2) is 24.3 Å². The molecule has 1 fully saturated rings. The number of benzene rings is 1. The van der Waals surface area contributed by atoms with E-state index < -0.39 is 0 Å². The van der Waals surface area contributed by atoms with Crippen LogP contribution in [0.25, 0.3) is 0 Å². The molecule has 1 saturated heterocycles. The molecule has 2 N–H and O–H groups in total. The van der Waals surface area contributed by atoms with Crippen LogP contribution in [0, 0.1) is 11.8 Å². The lowest BCUT2D eigenvalue weighted by Gasteiger charge is -2.18. The molecule has 4 nitrogen and oxygen atoms in total. The van der Waals surface area contributed by atoms with E-state index in [0.29, 0.717) is 0 Å². The molecular formula is C16H24N2O2. The first kappa shape index (κ1) is 15.0. The zero-order valence-corrected chi connectivity index (χ0v) is 12.6. The third-order valence-electron chi connectivity index (χ3n) is 4.15. The summed E-state index contributed by atoms with van der Waals surface area (Å²) in [5.74, 6) is 0.214. The van der Waals surface area contributed by atoms with Crippen molar-refractivity contribution in [3.05, 3.63) is 29.8 Å². The third kappa shape index (κ3) is 3.19. The first-order valence-corrected chi connectivity index (χ1v) is 7.22. The van der Waals surface area contributed by atoms with E-state index in [0.717, 1.165) is 12.2 Å². The molecule has 20 heavy (non-hydrogen) atoms. The van der Waals surface area contributed by atoms with Crippen LogP contribution in [0.5, 0.6) is 0 Å². The summed E-state index contributed by atoms with van der Waals surface area (Å²) in [6.45, 7) is 6.91. The number of hydrogen-bond acceptors (Lipinski definition) is 3. The van der Waals surface area contributed by atoms with Crippen molar-refractivity contribution in [3.63, 3.8) is 0 Å². The topological polar surface area (TPSA) is 50.4 Å². The van der Waals surface area contributed by atoms with Crippen LogP contribution in [-0.4, -0.2) is 25.2 Å². The number of carbonyl (C=O) groups excluding carboxylic acids is 1. The largest absolute Gasteiger partial charge is 0.374 e. The van der Waals surface area contributed by atoms with Gasteiger partial charge in [0.25, 0.3) is 0 Å². The van der Waals surface area contributed by atoms with E-state index in [1.54, 1.807) is 0 Å². The average Bonchev–Trinajstić information content (AvgIpc) is 2.66. The fourth-order valence-corrected chi connectivity index (χ4v) is 2.85. The molecule has 4 heteroatoms. The van der Waals surface area contributed by atoms with Crippen LogP contribution in [-0.2, 0) is 16.1 Å². The first-order valence-electron chi connectivity index (χ1n) is 7.22. The summed E-state index contributed by atoms with van der Waals surface area (Å²) in [5.41, 5.74) is 2.04. The maximum atomic E-state index is 12.4. The summed E-state index contributed by atoms with van der Waals surface area (Å²) in [7, 11) is 1.92. The second-order valence-electron chi connectivity index (χ2n) is 5.65. The van der Waals surface area contributed by atoms with Gasteiger partial charge in [-0.1, -0.05) is 19.1 Å². The number of carbonyl (C=O) groups is 1. The lowest BCUT2D eigenvalue weighted by molar-refractivity contribution is -0.121. The lowest BCUT2D eigenvalue weighted by Crippen LogP contribution is -2.31. The molecule has 2 rings (SSSR count).